The van der Waals surface area contributed by atoms with E-state index in [-0.39, 0.29) is 22.6 Å². The molecule has 0 atom stereocenters. The van der Waals surface area contributed by atoms with E-state index in [0.717, 1.165) is 28.0 Å². The van der Waals surface area contributed by atoms with Crippen molar-refractivity contribution in [3.8, 4) is 27.1 Å². The number of pyridine rings is 1. The van der Waals surface area contributed by atoms with Crippen LogP contribution in [0.5, 0.6) is 0 Å². The van der Waals surface area contributed by atoms with Crippen LogP contribution in [0.1, 0.15) is 22.3 Å². The lowest BCUT2D eigenvalue weighted by molar-refractivity contribution is -0.140. The smallest absolute Gasteiger partial charge is 0.417 e. The molecule has 0 fully saturated rings. The third-order valence-corrected chi connectivity index (χ3v) is 6.89. The van der Waals surface area contributed by atoms with Crippen molar-refractivity contribution in [3.63, 3.8) is 0 Å². The van der Waals surface area contributed by atoms with Gasteiger partial charge in [-0.3, -0.25) is 9.59 Å². The number of halogens is 5. The van der Waals surface area contributed by atoms with Crippen molar-refractivity contribution in [1.29, 1.82) is 5.26 Å². The summed E-state index contributed by atoms with van der Waals surface area (Å²) in [5.74, 6) is -2.25. The van der Waals surface area contributed by atoms with Crippen LogP contribution in [-0.2, 0) is 28.7 Å². The van der Waals surface area contributed by atoms with Crippen LogP contribution in [0.15, 0.2) is 65.5 Å². The first kappa shape index (κ1) is 26.8. The first-order valence-electron chi connectivity index (χ1n) is 11.0. The highest BCUT2D eigenvalue weighted by molar-refractivity contribution is 7.18. The summed E-state index contributed by atoms with van der Waals surface area (Å²) in [6, 6.07) is 14.7. The lowest BCUT2D eigenvalue weighted by Crippen LogP contribution is -2.28. The zero-order chi connectivity index (χ0) is 27.6. The molecule has 194 valence electrons. The summed E-state index contributed by atoms with van der Waals surface area (Å²) in [6.07, 6.45) is -4.92. The quantitative estimate of drug-likeness (QED) is 0.215. The normalized spacial score (nSPS) is 11.3. The zero-order valence-corrected chi connectivity index (χ0v) is 20.4. The van der Waals surface area contributed by atoms with Gasteiger partial charge in [-0.2, -0.15) is 18.4 Å². The number of benzene rings is 2. The van der Waals surface area contributed by atoms with E-state index in [1.54, 1.807) is 30.3 Å². The molecular weight excluding hydrogens is 527 g/mol. The lowest BCUT2D eigenvalue weighted by Gasteiger charge is -2.17. The Balaban J connectivity index is 1.83. The van der Waals surface area contributed by atoms with Crippen LogP contribution >= 0.6 is 11.3 Å². The Morgan fingerprint density at radius 1 is 1.03 bits per heavy atom. The summed E-state index contributed by atoms with van der Waals surface area (Å²) in [6.45, 7) is -0.525. The van der Waals surface area contributed by atoms with Crippen LogP contribution in [0.4, 0.5) is 22.0 Å². The number of methoxy groups -OCH3 is 1. The Labute approximate surface area is 217 Å². The van der Waals surface area contributed by atoms with Gasteiger partial charge in [0.25, 0.3) is 5.56 Å². The second kappa shape index (κ2) is 10.6. The lowest BCUT2D eigenvalue weighted by atomic mass is 10.1. The summed E-state index contributed by atoms with van der Waals surface area (Å²) in [5, 5.41) is 9.34. The topological polar surface area (TPSA) is 72.1 Å². The second-order valence-electron chi connectivity index (χ2n) is 8.17. The number of hydrogen-bond donors (Lipinski definition) is 0. The Kier molecular flexibility index (Phi) is 7.46. The van der Waals surface area contributed by atoms with Gasteiger partial charge in [0.05, 0.1) is 36.2 Å². The first-order chi connectivity index (χ1) is 18.0. The van der Waals surface area contributed by atoms with Gasteiger partial charge in [0.1, 0.15) is 23.3 Å². The van der Waals surface area contributed by atoms with Gasteiger partial charge >= 0.3 is 12.1 Å². The number of ether oxygens (including phenoxy) is 1. The van der Waals surface area contributed by atoms with Gasteiger partial charge in [-0.05, 0) is 35.4 Å². The molecule has 0 aliphatic rings. The number of carbonyl (C=O) groups is 1. The minimum Gasteiger partial charge on any atom is -0.469 e. The number of carbonyl (C=O) groups excluding carboxylic acids is 1. The number of nitriles is 1. The Hall–Kier alpha value is -4.30. The number of nitrogens with zero attached hydrogens (tertiary/aromatic N) is 2. The maximum atomic E-state index is 14.4. The molecule has 4 rings (SSSR count). The summed E-state index contributed by atoms with van der Waals surface area (Å²) in [7, 11) is 1.28. The van der Waals surface area contributed by atoms with Crippen molar-refractivity contribution in [2.24, 2.45) is 0 Å². The minimum absolute atomic E-state index is 0.0736. The van der Waals surface area contributed by atoms with E-state index >= 15 is 0 Å². The van der Waals surface area contributed by atoms with E-state index in [0.29, 0.717) is 28.1 Å². The van der Waals surface area contributed by atoms with Gasteiger partial charge in [0.2, 0.25) is 0 Å². The molecule has 38 heavy (non-hydrogen) atoms. The second-order valence-corrected chi connectivity index (χ2v) is 9.25. The van der Waals surface area contributed by atoms with Crippen molar-refractivity contribution in [1.82, 2.24) is 4.57 Å². The van der Waals surface area contributed by atoms with E-state index in [4.69, 9.17) is 0 Å². The average molecular weight is 545 g/mol. The van der Waals surface area contributed by atoms with E-state index in [1.165, 1.54) is 19.2 Å². The van der Waals surface area contributed by atoms with Crippen LogP contribution in [0.3, 0.4) is 0 Å². The maximum Gasteiger partial charge on any atom is 0.417 e. The maximum absolute atomic E-state index is 14.4. The monoisotopic (exact) mass is 544 g/mol. The van der Waals surface area contributed by atoms with Crippen LogP contribution < -0.4 is 5.56 Å². The highest BCUT2D eigenvalue weighted by atomic mass is 32.1. The fourth-order valence-electron chi connectivity index (χ4n) is 3.82. The van der Waals surface area contributed by atoms with Gasteiger partial charge < -0.3 is 9.30 Å². The van der Waals surface area contributed by atoms with Crippen molar-refractivity contribution in [2.45, 2.75) is 19.1 Å². The molecule has 2 aromatic carbocycles. The number of rotatable bonds is 6. The SMILES string of the molecule is COC(=O)Cc1ccc(-c2ccc(-c3cc(C(F)(F)F)c(C#N)c(=O)n3Cc3ccc(F)cc3F)s2)cc1. The van der Waals surface area contributed by atoms with Gasteiger partial charge in [-0.25, -0.2) is 8.78 Å². The molecule has 0 radical (unpaired) electrons. The third-order valence-electron chi connectivity index (χ3n) is 5.73. The molecule has 0 saturated carbocycles. The first-order valence-corrected chi connectivity index (χ1v) is 11.8. The minimum atomic E-state index is -4.99. The molecule has 0 unspecified atom stereocenters. The van der Waals surface area contributed by atoms with Crippen LogP contribution in [0.2, 0.25) is 0 Å². The average Bonchev–Trinajstić information content (AvgIpc) is 3.36. The highest BCUT2D eigenvalue weighted by Crippen LogP contribution is 2.38. The van der Waals surface area contributed by atoms with Crippen LogP contribution in [-0.4, -0.2) is 17.6 Å². The zero-order valence-electron chi connectivity index (χ0n) is 19.6. The van der Waals surface area contributed by atoms with E-state index in [9.17, 15) is 36.8 Å². The summed E-state index contributed by atoms with van der Waals surface area (Å²) in [5.41, 5.74) is -2.68. The van der Waals surface area contributed by atoms with Crippen LogP contribution in [0, 0.1) is 23.0 Å². The molecule has 0 saturated heterocycles. The molecule has 2 aromatic heterocycles. The van der Waals surface area contributed by atoms with Gasteiger partial charge in [-0.15, -0.1) is 11.3 Å². The van der Waals surface area contributed by atoms with Crippen molar-refractivity contribution in [3.05, 3.63) is 105 Å². The Morgan fingerprint density at radius 2 is 1.71 bits per heavy atom. The summed E-state index contributed by atoms with van der Waals surface area (Å²) < 4.78 is 74.6. The molecule has 5 nitrogen and oxygen atoms in total. The molecule has 0 bridgehead atoms. The molecule has 0 aliphatic heterocycles. The molecule has 2 heterocycles. The van der Waals surface area contributed by atoms with Crippen LogP contribution in [0.25, 0.3) is 21.0 Å². The number of hydrogen-bond acceptors (Lipinski definition) is 5. The molecule has 0 aliphatic carbocycles. The fraction of sp³-hybridized carbons (Fsp3) is 0.148. The molecule has 4 aromatic rings. The highest BCUT2D eigenvalue weighted by Gasteiger charge is 2.36. The van der Waals surface area contributed by atoms with E-state index in [2.05, 4.69) is 4.74 Å². The summed E-state index contributed by atoms with van der Waals surface area (Å²) in [4.78, 5) is 25.5. The predicted molar refractivity (Wildman–Crippen MR) is 130 cm³/mol. The van der Waals surface area contributed by atoms with E-state index < -0.39 is 47.0 Å². The Morgan fingerprint density at radius 3 is 2.32 bits per heavy atom. The van der Waals surface area contributed by atoms with Crippen molar-refractivity contribution < 1.29 is 31.5 Å². The number of thiophene rings is 1. The number of aromatic nitrogens is 1. The molecular formula is C27H17F5N2O3S. The largest absolute Gasteiger partial charge is 0.469 e. The predicted octanol–water partition coefficient (Wildman–Crippen LogP) is 6.18. The Bertz CT molecular complexity index is 1620. The molecule has 0 N–H and O–H groups in total. The van der Waals surface area contributed by atoms with Gasteiger partial charge in [-0.1, -0.05) is 30.3 Å². The molecule has 0 spiro atoms. The number of alkyl halides is 3. The fourth-order valence-corrected chi connectivity index (χ4v) is 4.85. The number of esters is 1. The van der Waals surface area contributed by atoms with Crippen molar-refractivity contribution >= 4 is 17.3 Å². The van der Waals surface area contributed by atoms with Gasteiger partial charge in [0.15, 0.2) is 0 Å². The summed E-state index contributed by atoms with van der Waals surface area (Å²) >= 11 is 1.08. The molecule has 11 heteroatoms. The van der Waals surface area contributed by atoms with Crippen molar-refractivity contribution in [2.75, 3.05) is 7.11 Å². The van der Waals surface area contributed by atoms with Gasteiger partial charge in [0, 0.05) is 16.5 Å². The third kappa shape index (κ3) is 5.50. The molecule has 0 amide bonds. The standard InChI is InChI=1S/C27H17F5N2O3S/c1-37-25(35)10-15-2-4-16(5-3-15)23-8-9-24(38-23)22-12-20(27(30,31)32)19(13-33)26(36)34(22)14-17-6-7-18(28)11-21(17)29/h2-9,11-12H,10,14H2,1H3. The van der Waals surface area contributed by atoms with E-state index in [1.807, 2.05) is 0 Å².